The lowest BCUT2D eigenvalue weighted by Gasteiger charge is -2.15. The number of hydrogen-bond donors (Lipinski definition) is 1. The molecule has 0 radical (unpaired) electrons. The Morgan fingerprint density at radius 1 is 1.20 bits per heavy atom. The lowest BCUT2D eigenvalue weighted by atomic mass is 9.91. The molecule has 0 aliphatic heterocycles. The molecule has 1 aliphatic carbocycles. The first-order valence-electron chi connectivity index (χ1n) is 8.89. The van der Waals surface area contributed by atoms with Crippen LogP contribution in [0.3, 0.4) is 0 Å². The van der Waals surface area contributed by atoms with E-state index < -0.39 is 0 Å². The molecule has 0 heterocycles. The predicted octanol–water partition coefficient (Wildman–Crippen LogP) is 4.00. The smallest absolute Gasteiger partial charge is 0.132 e. The molecule has 3 rings (SSSR count). The Bertz CT molecular complexity index is 742. The van der Waals surface area contributed by atoms with Gasteiger partial charge in [-0.2, -0.15) is 5.10 Å². The molecule has 0 spiro atoms. The third kappa shape index (κ3) is 4.26. The van der Waals surface area contributed by atoms with Crippen LogP contribution in [0.25, 0.3) is 0 Å². The molecule has 25 heavy (non-hydrogen) atoms. The van der Waals surface area contributed by atoms with Crippen molar-refractivity contribution in [3.8, 4) is 0 Å². The number of nitrogens with zero attached hydrogens (tertiary/aromatic N) is 1. The van der Waals surface area contributed by atoms with Crippen LogP contribution in [-0.4, -0.2) is 17.7 Å². The molecule has 0 saturated heterocycles. The number of halogens is 1. The Labute approximate surface area is 149 Å². The number of nitrogens with one attached hydrogen (secondary N) is 1. The van der Waals surface area contributed by atoms with E-state index in [2.05, 4.69) is 41.7 Å². The summed E-state index contributed by atoms with van der Waals surface area (Å²) >= 11 is 0. The third-order valence-corrected chi connectivity index (χ3v) is 4.82. The highest BCUT2D eigenvalue weighted by molar-refractivity contribution is 6.01. The maximum absolute atomic E-state index is 14.4. The normalized spacial score (nSPS) is 16.3. The van der Waals surface area contributed by atoms with Gasteiger partial charge in [-0.15, -0.1) is 0 Å². The molecule has 0 bridgehead atoms. The summed E-state index contributed by atoms with van der Waals surface area (Å²) in [6.45, 7) is 4.83. The van der Waals surface area contributed by atoms with E-state index in [0.29, 0.717) is 11.5 Å². The van der Waals surface area contributed by atoms with Gasteiger partial charge in [0.05, 0.1) is 5.71 Å². The number of benzene rings is 2. The van der Waals surface area contributed by atoms with E-state index in [9.17, 15) is 4.39 Å². The molecule has 4 heteroatoms. The largest absolute Gasteiger partial charge is 0.412 e. The van der Waals surface area contributed by atoms with Crippen molar-refractivity contribution in [1.82, 2.24) is 5.43 Å². The molecule has 134 valence electrons. The van der Waals surface area contributed by atoms with Crippen LogP contribution in [0.1, 0.15) is 54.9 Å². The van der Waals surface area contributed by atoms with E-state index in [0.717, 1.165) is 43.5 Å². The highest BCUT2D eigenvalue weighted by Crippen LogP contribution is 2.36. The molecule has 0 aromatic heterocycles. The molecule has 0 fully saturated rings. The van der Waals surface area contributed by atoms with Gasteiger partial charge >= 0.3 is 0 Å². The number of rotatable bonds is 6. The van der Waals surface area contributed by atoms with Crippen LogP contribution in [0, 0.1) is 5.82 Å². The molecular formula is C21H27FN2O. The molecule has 3 nitrogen and oxygen atoms in total. The lowest BCUT2D eigenvalue weighted by Crippen LogP contribution is -2.15. The average molecular weight is 342 g/mol. The van der Waals surface area contributed by atoms with Crippen molar-refractivity contribution in [3.63, 3.8) is 0 Å². The molecule has 1 aliphatic rings. The van der Waals surface area contributed by atoms with Crippen LogP contribution >= 0.6 is 0 Å². The van der Waals surface area contributed by atoms with E-state index >= 15 is 0 Å². The van der Waals surface area contributed by atoms with E-state index in [1.807, 2.05) is 19.1 Å². The van der Waals surface area contributed by atoms with E-state index in [1.165, 1.54) is 11.1 Å². The fraction of sp³-hybridized carbons (Fsp3) is 0.381. The lowest BCUT2D eigenvalue weighted by molar-refractivity contribution is 0.620. The van der Waals surface area contributed by atoms with Crippen LogP contribution in [-0.2, 0) is 12.8 Å². The van der Waals surface area contributed by atoms with Gasteiger partial charge in [0.15, 0.2) is 0 Å². The number of hydrogen-bond acceptors (Lipinski definition) is 2. The number of aryl methyl sites for hydroxylation is 2. The molecule has 2 aromatic carbocycles. The molecular weight excluding hydrogens is 315 g/mol. The maximum Gasteiger partial charge on any atom is 0.132 e. The zero-order chi connectivity index (χ0) is 16.9. The van der Waals surface area contributed by atoms with Crippen LogP contribution in [0.4, 0.5) is 4.39 Å². The van der Waals surface area contributed by atoms with Gasteiger partial charge in [0.2, 0.25) is 0 Å². The van der Waals surface area contributed by atoms with Gasteiger partial charge in [0.1, 0.15) is 5.82 Å². The fourth-order valence-electron chi connectivity index (χ4n) is 3.49. The summed E-state index contributed by atoms with van der Waals surface area (Å²) in [7, 11) is 0. The monoisotopic (exact) mass is 342 g/mol. The third-order valence-electron chi connectivity index (χ3n) is 4.82. The summed E-state index contributed by atoms with van der Waals surface area (Å²) in [6.07, 6.45) is 3.88. The summed E-state index contributed by atoms with van der Waals surface area (Å²) in [6, 6.07) is 14.0. The zero-order valence-corrected chi connectivity index (χ0v) is 15.0. The van der Waals surface area contributed by atoms with E-state index in [1.54, 1.807) is 6.07 Å². The molecule has 0 saturated carbocycles. The summed E-state index contributed by atoms with van der Waals surface area (Å²) in [5, 5.41) is 4.51. The van der Waals surface area contributed by atoms with Gasteiger partial charge in [-0.05, 0) is 67.3 Å². The Balaban J connectivity index is 0.00000225. The fourth-order valence-corrected chi connectivity index (χ4v) is 3.49. The Hall–Kier alpha value is -2.20. The van der Waals surface area contributed by atoms with Crippen molar-refractivity contribution in [3.05, 3.63) is 70.5 Å². The van der Waals surface area contributed by atoms with Crippen molar-refractivity contribution in [1.29, 1.82) is 0 Å². The van der Waals surface area contributed by atoms with Gasteiger partial charge in [0, 0.05) is 12.1 Å². The number of fused-ring (bicyclic) bond motifs is 1. The second kappa shape index (κ2) is 8.77. The summed E-state index contributed by atoms with van der Waals surface area (Å²) in [5.74, 6) is 0.235. The van der Waals surface area contributed by atoms with Crippen LogP contribution in [0.15, 0.2) is 47.6 Å². The topological polar surface area (TPSA) is 55.9 Å². The molecule has 1 unspecified atom stereocenters. The minimum Gasteiger partial charge on any atom is -0.412 e. The number of hydrazone groups is 1. The Morgan fingerprint density at radius 2 is 2.00 bits per heavy atom. The SMILES string of the molecule is CCN/N=C(\CC1CCc2ccccc21)c1cc(CC)ccc1F.O. The van der Waals surface area contributed by atoms with Gasteiger partial charge < -0.3 is 10.9 Å². The second-order valence-corrected chi connectivity index (χ2v) is 6.38. The van der Waals surface area contributed by atoms with Crippen LogP contribution in [0.5, 0.6) is 0 Å². The van der Waals surface area contributed by atoms with Crippen molar-refractivity contribution in [2.24, 2.45) is 5.10 Å². The molecule has 0 amide bonds. The Kier molecular flexibility index (Phi) is 6.71. The van der Waals surface area contributed by atoms with Gasteiger partial charge in [-0.3, -0.25) is 0 Å². The van der Waals surface area contributed by atoms with Crippen molar-refractivity contribution < 1.29 is 9.87 Å². The summed E-state index contributed by atoms with van der Waals surface area (Å²) in [5.41, 5.74) is 8.46. The molecule has 2 aromatic rings. The summed E-state index contributed by atoms with van der Waals surface area (Å²) in [4.78, 5) is 0. The maximum atomic E-state index is 14.4. The highest BCUT2D eigenvalue weighted by Gasteiger charge is 2.25. The van der Waals surface area contributed by atoms with Crippen LogP contribution < -0.4 is 5.43 Å². The van der Waals surface area contributed by atoms with Crippen LogP contribution in [0.2, 0.25) is 0 Å². The second-order valence-electron chi connectivity index (χ2n) is 6.38. The van der Waals surface area contributed by atoms with Gasteiger partial charge in [-0.25, -0.2) is 4.39 Å². The molecule has 3 N–H and O–H groups in total. The first-order valence-corrected chi connectivity index (χ1v) is 8.89. The quantitative estimate of drug-likeness (QED) is 0.626. The van der Waals surface area contributed by atoms with Gasteiger partial charge in [0.25, 0.3) is 0 Å². The minimum absolute atomic E-state index is 0. The first kappa shape index (κ1) is 19.1. The highest BCUT2D eigenvalue weighted by atomic mass is 19.1. The average Bonchev–Trinajstić information content (AvgIpc) is 3.02. The van der Waals surface area contributed by atoms with Crippen molar-refractivity contribution in [2.75, 3.05) is 6.54 Å². The predicted molar refractivity (Wildman–Crippen MR) is 102 cm³/mol. The van der Waals surface area contributed by atoms with E-state index in [4.69, 9.17) is 0 Å². The minimum atomic E-state index is -0.185. The zero-order valence-electron chi connectivity index (χ0n) is 15.0. The molecule has 1 atom stereocenters. The van der Waals surface area contributed by atoms with Crippen molar-refractivity contribution >= 4 is 5.71 Å². The summed E-state index contributed by atoms with van der Waals surface area (Å²) < 4.78 is 14.4. The first-order chi connectivity index (χ1) is 11.7. The van der Waals surface area contributed by atoms with Crippen molar-refractivity contribution in [2.45, 2.75) is 45.4 Å². The Morgan fingerprint density at radius 3 is 2.76 bits per heavy atom. The van der Waals surface area contributed by atoms with E-state index in [-0.39, 0.29) is 11.3 Å². The van der Waals surface area contributed by atoms with Gasteiger partial charge in [-0.1, -0.05) is 37.3 Å². The standard InChI is InChI=1S/C21H25FN2.H2O/c1-3-15-9-12-20(22)19(13-15)21(24-23-4-2)14-17-11-10-16-7-5-6-8-18(16)17;/h5-9,12-13,17,23H,3-4,10-11,14H2,1-2H3;1H2/b24-21+;.